The maximum Gasteiger partial charge on any atom is 0.351 e. The van der Waals surface area contributed by atoms with Crippen molar-refractivity contribution in [2.24, 2.45) is 0 Å². The van der Waals surface area contributed by atoms with Crippen LogP contribution in [0.1, 0.15) is 39.8 Å². The zero-order valence-corrected chi connectivity index (χ0v) is 18.1. The highest BCUT2D eigenvalue weighted by molar-refractivity contribution is 7.17. The van der Waals surface area contributed by atoms with Crippen molar-refractivity contribution in [1.82, 2.24) is 15.2 Å². The summed E-state index contributed by atoms with van der Waals surface area (Å²) in [5.41, 5.74) is 3.44. The number of aryl methyl sites for hydroxylation is 2. The maximum atomic E-state index is 12.7. The molecule has 1 unspecified atom stereocenters. The molecule has 30 heavy (non-hydrogen) atoms. The maximum absolute atomic E-state index is 12.7. The zero-order valence-electron chi connectivity index (χ0n) is 16.5. The monoisotopic (exact) mass is 439 g/mol. The Kier molecular flexibility index (Phi) is 5.65. The average Bonchev–Trinajstić information content (AvgIpc) is 3.36. The number of rotatable bonds is 5. The highest BCUT2D eigenvalue weighted by Crippen LogP contribution is 2.31. The minimum absolute atomic E-state index is 0.235. The molecule has 0 aliphatic heterocycles. The Balaban J connectivity index is 1.49. The van der Waals surface area contributed by atoms with Crippen LogP contribution in [0.2, 0.25) is 5.02 Å². The van der Waals surface area contributed by atoms with Crippen LogP contribution in [0.3, 0.4) is 0 Å². The molecule has 0 amide bonds. The van der Waals surface area contributed by atoms with Gasteiger partial charge in [-0.2, -0.15) is 0 Å². The lowest BCUT2D eigenvalue weighted by Gasteiger charge is -2.08. The van der Waals surface area contributed by atoms with Crippen molar-refractivity contribution in [3.8, 4) is 22.0 Å². The smallest absolute Gasteiger partial charge is 0.351 e. The van der Waals surface area contributed by atoms with Crippen molar-refractivity contribution in [2.75, 3.05) is 0 Å². The van der Waals surface area contributed by atoms with Crippen LogP contribution < -0.4 is 0 Å². The zero-order chi connectivity index (χ0) is 21.3. The molecule has 0 fully saturated rings. The van der Waals surface area contributed by atoms with Crippen LogP contribution in [0.5, 0.6) is 0 Å². The van der Waals surface area contributed by atoms with Gasteiger partial charge in [0, 0.05) is 16.1 Å². The molecule has 4 rings (SSSR count). The second-order valence-electron chi connectivity index (χ2n) is 6.80. The van der Waals surface area contributed by atoms with Crippen molar-refractivity contribution >= 4 is 28.9 Å². The first-order valence-electron chi connectivity index (χ1n) is 9.25. The molecular weight excluding hydrogens is 422 g/mol. The van der Waals surface area contributed by atoms with E-state index in [0.717, 1.165) is 21.7 Å². The van der Waals surface area contributed by atoms with Gasteiger partial charge >= 0.3 is 5.97 Å². The second kappa shape index (κ2) is 8.38. The lowest BCUT2D eigenvalue weighted by atomic mass is 10.1. The number of carbonyl (C=O) groups excluding carboxylic acids is 1. The summed E-state index contributed by atoms with van der Waals surface area (Å²) in [4.78, 5) is 17.6. The van der Waals surface area contributed by atoms with E-state index in [1.165, 1.54) is 11.3 Å². The summed E-state index contributed by atoms with van der Waals surface area (Å²) in [6.45, 7) is 5.48. The molecule has 0 aliphatic carbocycles. The number of benzene rings is 2. The number of ether oxygens (including phenoxy) is 1. The predicted molar refractivity (Wildman–Crippen MR) is 116 cm³/mol. The molecule has 6 nitrogen and oxygen atoms in total. The number of nitrogens with zero attached hydrogens (tertiary/aromatic N) is 3. The highest BCUT2D eigenvalue weighted by atomic mass is 35.5. The molecule has 0 saturated carbocycles. The molecule has 2 heterocycles. The van der Waals surface area contributed by atoms with Crippen LogP contribution in [0.15, 0.2) is 52.9 Å². The fraction of sp³-hybridized carbons (Fsp3) is 0.182. The van der Waals surface area contributed by atoms with Gasteiger partial charge in [0.05, 0.1) is 5.69 Å². The molecule has 0 saturated heterocycles. The fourth-order valence-electron chi connectivity index (χ4n) is 2.78. The molecule has 8 heteroatoms. The lowest BCUT2D eigenvalue weighted by Crippen LogP contribution is -2.09. The summed E-state index contributed by atoms with van der Waals surface area (Å²) in [6, 6.07) is 15.0. The Labute approximate surface area is 182 Å². The first-order valence-corrected chi connectivity index (χ1v) is 10.4. The molecule has 0 N–H and O–H groups in total. The summed E-state index contributed by atoms with van der Waals surface area (Å²) in [5.74, 6) is 0.138. The van der Waals surface area contributed by atoms with Gasteiger partial charge in [0.2, 0.25) is 5.89 Å². The normalized spacial score (nSPS) is 12.0. The Hall–Kier alpha value is -3.03. The van der Waals surface area contributed by atoms with E-state index in [9.17, 15) is 4.79 Å². The Morgan fingerprint density at radius 3 is 2.40 bits per heavy atom. The third-order valence-electron chi connectivity index (χ3n) is 4.44. The topological polar surface area (TPSA) is 78.1 Å². The molecule has 0 aliphatic rings. The van der Waals surface area contributed by atoms with Gasteiger partial charge in [-0.15, -0.1) is 21.5 Å². The molecule has 152 valence electrons. The van der Waals surface area contributed by atoms with Crippen molar-refractivity contribution in [2.45, 2.75) is 26.9 Å². The molecular formula is C22H18ClN3O3S. The van der Waals surface area contributed by atoms with E-state index in [2.05, 4.69) is 15.2 Å². The summed E-state index contributed by atoms with van der Waals surface area (Å²) in [5, 5.41) is 9.45. The molecule has 0 bridgehead atoms. The first kappa shape index (κ1) is 20.3. The van der Waals surface area contributed by atoms with Gasteiger partial charge in [-0.05, 0) is 45.0 Å². The van der Waals surface area contributed by atoms with E-state index < -0.39 is 12.1 Å². The minimum atomic E-state index is -0.690. The van der Waals surface area contributed by atoms with Crippen LogP contribution in [-0.2, 0) is 4.74 Å². The molecule has 0 radical (unpaired) electrons. The Morgan fingerprint density at radius 2 is 1.70 bits per heavy atom. The number of hydrogen-bond donors (Lipinski definition) is 0. The van der Waals surface area contributed by atoms with Crippen molar-refractivity contribution in [1.29, 1.82) is 0 Å². The SMILES string of the molecule is Cc1ccc(-c2nnc(C(C)OC(=O)c3sc(-c4ccc(Cl)cc4)nc3C)o2)cc1. The van der Waals surface area contributed by atoms with Crippen molar-refractivity contribution in [3.05, 3.63) is 75.6 Å². The summed E-state index contributed by atoms with van der Waals surface area (Å²) >= 11 is 7.21. The molecule has 2 aromatic carbocycles. The summed E-state index contributed by atoms with van der Waals surface area (Å²) in [7, 11) is 0. The van der Waals surface area contributed by atoms with Crippen LogP contribution in [0, 0.1) is 13.8 Å². The number of aromatic nitrogens is 3. The number of carbonyl (C=O) groups is 1. The van der Waals surface area contributed by atoms with E-state index in [1.807, 2.05) is 43.3 Å². The van der Waals surface area contributed by atoms with Crippen LogP contribution >= 0.6 is 22.9 Å². The van der Waals surface area contributed by atoms with Gasteiger partial charge in [0.15, 0.2) is 6.10 Å². The van der Waals surface area contributed by atoms with E-state index in [-0.39, 0.29) is 5.89 Å². The van der Waals surface area contributed by atoms with Gasteiger partial charge in [-0.25, -0.2) is 9.78 Å². The third kappa shape index (κ3) is 4.27. The number of esters is 1. The Bertz CT molecular complexity index is 1180. The molecule has 4 aromatic rings. The van der Waals surface area contributed by atoms with Gasteiger partial charge in [-0.3, -0.25) is 0 Å². The Morgan fingerprint density at radius 1 is 1.03 bits per heavy atom. The second-order valence-corrected chi connectivity index (χ2v) is 8.23. The van der Waals surface area contributed by atoms with Gasteiger partial charge in [-0.1, -0.05) is 41.4 Å². The van der Waals surface area contributed by atoms with E-state index in [4.69, 9.17) is 20.8 Å². The van der Waals surface area contributed by atoms with Crippen LogP contribution in [0.25, 0.3) is 22.0 Å². The van der Waals surface area contributed by atoms with Crippen LogP contribution in [-0.4, -0.2) is 21.2 Å². The average molecular weight is 440 g/mol. The predicted octanol–water partition coefficient (Wildman–Crippen LogP) is 6.05. The fourth-order valence-corrected chi connectivity index (χ4v) is 3.86. The van der Waals surface area contributed by atoms with Gasteiger partial charge in [0.25, 0.3) is 5.89 Å². The highest BCUT2D eigenvalue weighted by Gasteiger charge is 2.23. The van der Waals surface area contributed by atoms with Crippen LogP contribution in [0.4, 0.5) is 0 Å². The number of halogens is 1. The van der Waals surface area contributed by atoms with E-state index in [1.54, 1.807) is 26.0 Å². The molecule has 2 aromatic heterocycles. The van der Waals surface area contributed by atoms with Gasteiger partial charge in [0.1, 0.15) is 9.88 Å². The number of hydrogen-bond acceptors (Lipinski definition) is 7. The van der Waals surface area contributed by atoms with E-state index in [0.29, 0.717) is 21.5 Å². The van der Waals surface area contributed by atoms with E-state index >= 15 is 0 Å². The summed E-state index contributed by atoms with van der Waals surface area (Å²) < 4.78 is 11.3. The van der Waals surface area contributed by atoms with Crippen molar-refractivity contribution in [3.63, 3.8) is 0 Å². The molecule has 0 spiro atoms. The van der Waals surface area contributed by atoms with Gasteiger partial charge < -0.3 is 9.15 Å². The quantitative estimate of drug-likeness (QED) is 0.352. The molecule has 1 atom stereocenters. The van der Waals surface area contributed by atoms with Crippen molar-refractivity contribution < 1.29 is 13.9 Å². The standard InChI is InChI=1S/C22H18ClN3O3S/c1-12-4-6-15(7-5-12)20-26-25-19(29-20)14(3)28-22(27)18-13(2)24-21(30-18)16-8-10-17(23)11-9-16/h4-11,14H,1-3H3. The lowest BCUT2D eigenvalue weighted by molar-refractivity contribution is 0.0284. The minimum Gasteiger partial charge on any atom is -0.448 e. The largest absolute Gasteiger partial charge is 0.448 e. The third-order valence-corrected chi connectivity index (χ3v) is 5.88. The number of thiazole rings is 1. The summed E-state index contributed by atoms with van der Waals surface area (Å²) in [6.07, 6.45) is -0.690. The first-order chi connectivity index (χ1) is 14.4.